The molecule has 1 saturated heterocycles. The maximum atomic E-state index is 12.6. The second kappa shape index (κ2) is 6.97. The van der Waals surface area contributed by atoms with Gasteiger partial charge in [0.05, 0.1) is 5.92 Å². The average Bonchev–Trinajstić information content (AvgIpc) is 2.96. The van der Waals surface area contributed by atoms with Crippen LogP contribution in [0.5, 0.6) is 0 Å². The summed E-state index contributed by atoms with van der Waals surface area (Å²) in [4.78, 5) is 10.3. The van der Waals surface area contributed by atoms with Crippen LogP contribution in [-0.4, -0.2) is 39.0 Å². The zero-order valence-electron chi connectivity index (χ0n) is 14.8. The molecule has 28 heavy (non-hydrogen) atoms. The zero-order valence-corrected chi connectivity index (χ0v) is 15.5. The summed E-state index contributed by atoms with van der Waals surface area (Å²) in [5, 5.41) is 8.15. The summed E-state index contributed by atoms with van der Waals surface area (Å²) in [5.74, 6) is 0.236. The van der Waals surface area contributed by atoms with Crippen molar-refractivity contribution in [3.8, 4) is 11.4 Å². The van der Waals surface area contributed by atoms with Gasteiger partial charge in [-0.3, -0.25) is 0 Å². The van der Waals surface area contributed by atoms with Crippen LogP contribution in [0, 0.1) is 5.92 Å². The second-order valence-corrected chi connectivity index (χ2v) is 7.00. The van der Waals surface area contributed by atoms with Crippen LogP contribution >= 0.6 is 11.6 Å². The molecule has 0 spiro atoms. The molecular formula is C18H16ClF3N6. The van der Waals surface area contributed by atoms with Crippen LogP contribution in [0.1, 0.15) is 0 Å². The molecule has 0 unspecified atom stereocenters. The van der Waals surface area contributed by atoms with Gasteiger partial charge in [-0.1, -0.05) is 11.6 Å². The largest absolute Gasteiger partial charge is 0.395 e. The Bertz CT molecular complexity index is 962. The summed E-state index contributed by atoms with van der Waals surface area (Å²) in [6.45, 7) is -0.125. The van der Waals surface area contributed by atoms with E-state index in [9.17, 15) is 13.2 Å². The third kappa shape index (κ3) is 3.75. The first kappa shape index (κ1) is 18.5. The third-order valence-electron chi connectivity index (χ3n) is 4.54. The van der Waals surface area contributed by atoms with E-state index in [0.29, 0.717) is 28.2 Å². The van der Waals surface area contributed by atoms with Crippen molar-refractivity contribution in [2.75, 3.05) is 23.3 Å². The molecule has 1 fully saturated rings. The van der Waals surface area contributed by atoms with Crippen LogP contribution in [0.3, 0.4) is 0 Å². The number of aromatic nitrogens is 4. The summed E-state index contributed by atoms with van der Waals surface area (Å²) >= 11 is 5.88. The van der Waals surface area contributed by atoms with Crippen molar-refractivity contribution in [2.24, 2.45) is 13.0 Å². The van der Waals surface area contributed by atoms with Crippen LogP contribution in [0.25, 0.3) is 11.4 Å². The van der Waals surface area contributed by atoms with Gasteiger partial charge < -0.3 is 10.2 Å². The van der Waals surface area contributed by atoms with E-state index in [2.05, 4.69) is 20.4 Å². The number of rotatable bonds is 4. The van der Waals surface area contributed by atoms with Crippen molar-refractivity contribution in [1.82, 2.24) is 19.7 Å². The molecule has 1 aliphatic rings. The molecule has 10 heteroatoms. The molecule has 4 rings (SSSR count). The van der Waals surface area contributed by atoms with E-state index in [1.54, 1.807) is 47.1 Å². The van der Waals surface area contributed by atoms with E-state index in [4.69, 9.17) is 11.6 Å². The molecule has 1 aromatic carbocycles. The molecule has 1 N–H and O–H groups in total. The molecule has 3 heterocycles. The molecule has 0 saturated carbocycles. The highest BCUT2D eigenvalue weighted by atomic mass is 35.5. The highest BCUT2D eigenvalue weighted by Crippen LogP contribution is 2.35. The number of hydrogen-bond donors (Lipinski definition) is 1. The van der Waals surface area contributed by atoms with Crippen molar-refractivity contribution in [2.45, 2.75) is 6.18 Å². The Morgan fingerprint density at radius 2 is 1.82 bits per heavy atom. The molecular weight excluding hydrogens is 393 g/mol. The molecule has 2 aromatic heterocycles. The Balaban J connectivity index is 1.46. The Hall–Kier alpha value is -2.81. The lowest BCUT2D eigenvalue weighted by Crippen LogP contribution is -2.53. The van der Waals surface area contributed by atoms with E-state index < -0.39 is 12.1 Å². The predicted molar refractivity (Wildman–Crippen MR) is 101 cm³/mol. The quantitative estimate of drug-likeness (QED) is 0.698. The van der Waals surface area contributed by atoms with Crippen LogP contribution in [0.15, 0.2) is 42.6 Å². The molecule has 0 atom stereocenters. The number of nitrogens with one attached hydrogen (secondary N) is 1. The first-order valence-corrected chi connectivity index (χ1v) is 8.89. The van der Waals surface area contributed by atoms with E-state index in [1.165, 1.54) is 0 Å². The van der Waals surface area contributed by atoms with Crippen molar-refractivity contribution in [3.05, 3.63) is 47.6 Å². The van der Waals surface area contributed by atoms with Crippen molar-refractivity contribution in [3.63, 3.8) is 0 Å². The van der Waals surface area contributed by atoms with E-state index in [0.717, 1.165) is 5.69 Å². The molecule has 0 radical (unpaired) electrons. The van der Waals surface area contributed by atoms with Gasteiger partial charge >= 0.3 is 6.18 Å². The van der Waals surface area contributed by atoms with Gasteiger partial charge in [0.25, 0.3) is 0 Å². The molecule has 146 valence electrons. The average molecular weight is 409 g/mol. The fourth-order valence-corrected chi connectivity index (χ4v) is 2.98. The Morgan fingerprint density at radius 3 is 2.43 bits per heavy atom. The van der Waals surface area contributed by atoms with Crippen molar-refractivity contribution >= 4 is 29.1 Å². The Kier molecular flexibility index (Phi) is 4.62. The lowest BCUT2D eigenvalue weighted by molar-refractivity contribution is -0.180. The topological polar surface area (TPSA) is 58.9 Å². The number of aryl methyl sites for hydroxylation is 1. The van der Waals surface area contributed by atoms with Gasteiger partial charge in [0, 0.05) is 42.6 Å². The number of anilines is 3. The van der Waals surface area contributed by atoms with Crippen LogP contribution in [-0.2, 0) is 7.05 Å². The maximum absolute atomic E-state index is 12.6. The lowest BCUT2D eigenvalue weighted by Gasteiger charge is -2.40. The van der Waals surface area contributed by atoms with E-state index in [-0.39, 0.29) is 13.1 Å². The third-order valence-corrected chi connectivity index (χ3v) is 4.79. The maximum Gasteiger partial charge on any atom is 0.395 e. The summed E-state index contributed by atoms with van der Waals surface area (Å²) in [6.07, 6.45) is -2.58. The van der Waals surface area contributed by atoms with Gasteiger partial charge in [-0.2, -0.15) is 18.2 Å². The zero-order chi connectivity index (χ0) is 19.9. The van der Waals surface area contributed by atoms with Gasteiger partial charge in [-0.05, 0) is 36.4 Å². The fraction of sp³-hybridized carbons (Fsp3) is 0.278. The van der Waals surface area contributed by atoms with Crippen molar-refractivity contribution in [1.29, 1.82) is 0 Å². The first-order chi connectivity index (χ1) is 13.3. The summed E-state index contributed by atoms with van der Waals surface area (Å²) in [6, 6.07) is 10.6. The predicted octanol–water partition coefficient (Wildman–Crippen LogP) is 4.27. The van der Waals surface area contributed by atoms with Gasteiger partial charge in [0.15, 0.2) is 5.82 Å². The lowest BCUT2D eigenvalue weighted by atomic mass is 10.00. The molecule has 6 nitrogen and oxygen atoms in total. The van der Waals surface area contributed by atoms with Crippen LogP contribution in [0.4, 0.5) is 30.6 Å². The second-order valence-electron chi connectivity index (χ2n) is 6.56. The molecule has 0 bridgehead atoms. The monoisotopic (exact) mass is 408 g/mol. The van der Waals surface area contributed by atoms with Crippen molar-refractivity contribution < 1.29 is 13.2 Å². The highest BCUT2D eigenvalue weighted by Gasteiger charge is 2.47. The highest BCUT2D eigenvalue weighted by molar-refractivity contribution is 6.30. The Labute approximate surface area is 164 Å². The number of halogens is 4. The Morgan fingerprint density at radius 1 is 1.11 bits per heavy atom. The summed E-state index contributed by atoms with van der Waals surface area (Å²) in [5.41, 5.74) is 1.49. The minimum absolute atomic E-state index is 0.0627. The van der Waals surface area contributed by atoms with Gasteiger partial charge in [-0.15, -0.1) is 5.10 Å². The SMILES string of the molecule is Cn1nc(-c2ccc(N3CC(C(F)(F)F)C3)nc2)nc1Nc1ccc(Cl)cc1. The number of pyridine rings is 1. The minimum Gasteiger partial charge on any atom is -0.355 e. The normalized spacial score (nSPS) is 14.8. The number of hydrogen-bond acceptors (Lipinski definition) is 5. The van der Waals surface area contributed by atoms with Crippen LogP contribution in [0.2, 0.25) is 5.02 Å². The molecule has 1 aliphatic heterocycles. The first-order valence-electron chi connectivity index (χ1n) is 8.51. The number of alkyl halides is 3. The number of benzene rings is 1. The fourth-order valence-electron chi connectivity index (χ4n) is 2.86. The van der Waals surface area contributed by atoms with E-state index >= 15 is 0 Å². The smallest absolute Gasteiger partial charge is 0.355 e. The van der Waals surface area contributed by atoms with Gasteiger partial charge in [-0.25, -0.2) is 9.67 Å². The minimum atomic E-state index is -4.15. The summed E-state index contributed by atoms with van der Waals surface area (Å²) < 4.78 is 39.4. The number of nitrogens with zero attached hydrogens (tertiary/aromatic N) is 5. The van der Waals surface area contributed by atoms with Crippen LogP contribution < -0.4 is 10.2 Å². The van der Waals surface area contributed by atoms with E-state index in [1.807, 2.05) is 12.1 Å². The standard InChI is InChI=1S/C18H16ClF3N6/c1-27-17(24-14-5-3-13(19)4-6-14)25-16(26-27)11-2-7-15(23-8-11)28-9-12(10-28)18(20,21)22/h2-8,12H,9-10H2,1H3,(H,24,25,26). The van der Waals surface area contributed by atoms with Gasteiger partial charge in [0.2, 0.25) is 5.95 Å². The molecule has 3 aromatic rings. The van der Waals surface area contributed by atoms with Gasteiger partial charge in [0.1, 0.15) is 5.82 Å². The molecule has 0 amide bonds. The molecule has 0 aliphatic carbocycles. The summed E-state index contributed by atoms with van der Waals surface area (Å²) in [7, 11) is 1.76.